The Morgan fingerprint density at radius 1 is 1.46 bits per heavy atom. The minimum absolute atomic E-state index is 0.0423. The lowest BCUT2D eigenvalue weighted by atomic mass is 9.98. The van der Waals surface area contributed by atoms with E-state index in [0.717, 1.165) is 30.2 Å². The number of hydrogen-bond donors (Lipinski definition) is 1. The molecule has 1 fully saturated rings. The molecule has 0 radical (unpaired) electrons. The Morgan fingerprint density at radius 2 is 2.29 bits per heavy atom. The first-order valence-corrected chi connectivity index (χ1v) is 8.24. The molecule has 128 valence electrons. The molecule has 2 unspecified atom stereocenters. The van der Waals surface area contributed by atoms with Gasteiger partial charge >= 0.3 is 0 Å². The molecule has 2 atom stereocenters. The first-order valence-electron chi connectivity index (χ1n) is 8.24. The van der Waals surface area contributed by atoms with Gasteiger partial charge in [0.1, 0.15) is 17.6 Å². The predicted molar refractivity (Wildman–Crippen MR) is 91.9 cm³/mol. The second kappa shape index (κ2) is 7.05. The van der Waals surface area contributed by atoms with Crippen LogP contribution in [-0.2, 0) is 11.8 Å². The largest absolute Gasteiger partial charge is 0.497 e. The van der Waals surface area contributed by atoms with E-state index in [1.165, 1.54) is 0 Å². The average molecular weight is 328 g/mol. The van der Waals surface area contributed by atoms with E-state index in [4.69, 9.17) is 4.74 Å². The second-order valence-corrected chi connectivity index (χ2v) is 6.15. The molecule has 6 heteroatoms. The van der Waals surface area contributed by atoms with E-state index >= 15 is 0 Å². The number of rotatable bonds is 4. The number of hydrogen-bond acceptors (Lipinski definition) is 4. The number of ether oxygens (including phenoxy) is 1. The molecule has 6 nitrogen and oxygen atoms in total. The third kappa shape index (κ3) is 3.14. The Morgan fingerprint density at radius 3 is 3.00 bits per heavy atom. The van der Waals surface area contributed by atoms with E-state index in [9.17, 15) is 4.79 Å². The van der Waals surface area contributed by atoms with Crippen molar-refractivity contribution in [3.63, 3.8) is 0 Å². The number of aryl methyl sites for hydroxylation is 1. The number of benzene rings is 1. The fourth-order valence-corrected chi connectivity index (χ4v) is 3.20. The van der Waals surface area contributed by atoms with Crippen LogP contribution in [0.4, 0.5) is 0 Å². The van der Waals surface area contributed by atoms with Crippen LogP contribution in [0.3, 0.4) is 0 Å². The van der Waals surface area contributed by atoms with Gasteiger partial charge in [0, 0.05) is 39.1 Å². The number of piperazine rings is 1. The number of amides is 1. The van der Waals surface area contributed by atoms with E-state index in [-0.39, 0.29) is 17.9 Å². The third-order valence-electron chi connectivity index (χ3n) is 4.65. The lowest BCUT2D eigenvalue weighted by molar-refractivity contribution is -0.136. The fraction of sp³-hybridized carbons (Fsp3) is 0.444. The molecule has 1 N–H and O–H groups in total. The van der Waals surface area contributed by atoms with Gasteiger partial charge in [0.15, 0.2) is 0 Å². The van der Waals surface area contributed by atoms with Gasteiger partial charge in [-0.25, -0.2) is 4.98 Å². The predicted octanol–water partition coefficient (Wildman–Crippen LogP) is 1.71. The van der Waals surface area contributed by atoms with Crippen LogP contribution in [-0.4, -0.2) is 47.1 Å². The molecule has 0 spiro atoms. The molecule has 0 aliphatic carbocycles. The molecule has 1 saturated heterocycles. The number of aromatic nitrogens is 2. The SMILES string of the molecule is COc1cccc(C(C)C(=O)N2CCNCC2c2nccn2C)c1. The minimum Gasteiger partial charge on any atom is -0.497 e. The Labute approximate surface area is 142 Å². The van der Waals surface area contributed by atoms with E-state index in [1.54, 1.807) is 13.3 Å². The molecular formula is C18H24N4O2. The van der Waals surface area contributed by atoms with E-state index in [2.05, 4.69) is 10.3 Å². The smallest absolute Gasteiger partial charge is 0.230 e. The first kappa shape index (κ1) is 16.5. The van der Waals surface area contributed by atoms with Gasteiger partial charge < -0.3 is 19.5 Å². The maximum atomic E-state index is 13.1. The number of imidazole rings is 1. The van der Waals surface area contributed by atoms with Crippen molar-refractivity contribution in [2.45, 2.75) is 18.9 Å². The molecular weight excluding hydrogens is 304 g/mol. The van der Waals surface area contributed by atoms with Crippen molar-refractivity contribution >= 4 is 5.91 Å². The molecule has 24 heavy (non-hydrogen) atoms. The van der Waals surface area contributed by atoms with Crippen LogP contribution in [0.25, 0.3) is 0 Å². The van der Waals surface area contributed by atoms with Crippen molar-refractivity contribution in [3.8, 4) is 5.75 Å². The molecule has 2 heterocycles. The monoisotopic (exact) mass is 328 g/mol. The highest BCUT2D eigenvalue weighted by atomic mass is 16.5. The van der Waals surface area contributed by atoms with Gasteiger partial charge in [0.2, 0.25) is 5.91 Å². The molecule has 0 saturated carbocycles. The Bertz CT molecular complexity index is 713. The summed E-state index contributed by atoms with van der Waals surface area (Å²) >= 11 is 0. The van der Waals surface area contributed by atoms with Gasteiger partial charge in [0.05, 0.1) is 13.0 Å². The Balaban J connectivity index is 1.84. The lowest BCUT2D eigenvalue weighted by Crippen LogP contribution is -2.50. The topological polar surface area (TPSA) is 59.4 Å². The lowest BCUT2D eigenvalue weighted by Gasteiger charge is -2.37. The van der Waals surface area contributed by atoms with Gasteiger partial charge in [-0.2, -0.15) is 0 Å². The highest BCUT2D eigenvalue weighted by Gasteiger charge is 2.33. The Kier molecular flexibility index (Phi) is 4.85. The number of nitrogens with one attached hydrogen (secondary N) is 1. The normalized spacial score (nSPS) is 19.1. The standard InChI is InChI=1S/C18H24N4O2/c1-13(14-5-4-6-15(11-14)24-3)18(23)22-10-7-19-12-16(22)17-20-8-9-21(17)2/h4-6,8-9,11,13,16,19H,7,10,12H2,1-3H3. The third-order valence-corrected chi connectivity index (χ3v) is 4.65. The van der Waals surface area contributed by atoms with Crippen molar-refractivity contribution < 1.29 is 9.53 Å². The van der Waals surface area contributed by atoms with Gasteiger partial charge in [-0.1, -0.05) is 12.1 Å². The summed E-state index contributed by atoms with van der Waals surface area (Å²) in [4.78, 5) is 19.5. The van der Waals surface area contributed by atoms with Crippen LogP contribution in [0.5, 0.6) is 5.75 Å². The van der Waals surface area contributed by atoms with Gasteiger partial charge in [-0.3, -0.25) is 4.79 Å². The molecule has 2 aromatic rings. The van der Waals surface area contributed by atoms with Crippen molar-refractivity contribution in [1.82, 2.24) is 19.8 Å². The van der Waals surface area contributed by atoms with Crippen LogP contribution in [0.1, 0.15) is 30.3 Å². The molecule has 1 aromatic heterocycles. The number of methoxy groups -OCH3 is 1. The molecule has 1 aliphatic heterocycles. The second-order valence-electron chi connectivity index (χ2n) is 6.15. The first-order chi connectivity index (χ1) is 11.6. The molecule has 1 amide bonds. The van der Waals surface area contributed by atoms with Crippen LogP contribution >= 0.6 is 0 Å². The molecule has 1 aromatic carbocycles. The molecule has 1 aliphatic rings. The van der Waals surface area contributed by atoms with Crippen LogP contribution in [0.2, 0.25) is 0 Å². The van der Waals surface area contributed by atoms with Crippen molar-refractivity contribution in [3.05, 3.63) is 48.0 Å². The van der Waals surface area contributed by atoms with Gasteiger partial charge in [0.25, 0.3) is 0 Å². The van der Waals surface area contributed by atoms with Gasteiger partial charge in [-0.05, 0) is 24.6 Å². The highest BCUT2D eigenvalue weighted by Crippen LogP contribution is 2.27. The zero-order chi connectivity index (χ0) is 17.1. The summed E-state index contributed by atoms with van der Waals surface area (Å²) in [7, 11) is 3.60. The summed E-state index contributed by atoms with van der Waals surface area (Å²) in [6.07, 6.45) is 3.69. The van der Waals surface area contributed by atoms with E-state index in [1.807, 2.05) is 53.9 Å². The Hall–Kier alpha value is -2.34. The van der Waals surface area contributed by atoms with Crippen LogP contribution < -0.4 is 10.1 Å². The summed E-state index contributed by atoms with van der Waals surface area (Å²) in [5, 5.41) is 3.36. The summed E-state index contributed by atoms with van der Waals surface area (Å²) in [6.45, 7) is 4.16. The van der Waals surface area contributed by atoms with Gasteiger partial charge in [-0.15, -0.1) is 0 Å². The number of carbonyl (C=O) groups excluding carboxylic acids is 1. The highest BCUT2D eigenvalue weighted by molar-refractivity contribution is 5.84. The van der Waals surface area contributed by atoms with Crippen molar-refractivity contribution in [1.29, 1.82) is 0 Å². The summed E-state index contributed by atoms with van der Waals surface area (Å²) < 4.78 is 7.26. The fourth-order valence-electron chi connectivity index (χ4n) is 3.20. The zero-order valence-corrected chi connectivity index (χ0v) is 14.4. The minimum atomic E-state index is -0.221. The quantitative estimate of drug-likeness (QED) is 0.928. The summed E-state index contributed by atoms with van der Waals surface area (Å²) in [5.41, 5.74) is 0.969. The summed E-state index contributed by atoms with van der Waals surface area (Å²) in [6, 6.07) is 7.68. The zero-order valence-electron chi connectivity index (χ0n) is 14.4. The number of nitrogens with zero attached hydrogens (tertiary/aromatic N) is 3. The van der Waals surface area contributed by atoms with Crippen LogP contribution in [0.15, 0.2) is 36.7 Å². The average Bonchev–Trinajstić information content (AvgIpc) is 3.06. The van der Waals surface area contributed by atoms with Crippen molar-refractivity contribution in [2.75, 3.05) is 26.7 Å². The molecule has 3 rings (SSSR count). The maximum Gasteiger partial charge on any atom is 0.230 e. The number of carbonyl (C=O) groups is 1. The molecule has 0 bridgehead atoms. The summed E-state index contributed by atoms with van der Waals surface area (Å²) in [5.74, 6) is 1.58. The van der Waals surface area contributed by atoms with Crippen molar-refractivity contribution in [2.24, 2.45) is 7.05 Å². The van der Waals surface area contributed by atoms with Crippen LogP contribution in [0, 0.1) is 0 Å². The maximum absolute atomic E-state index is 13.1. The van der Waals surface area contributed by atoms with E-state index in [0.29, 0.717) is 6.54 Å². The van der Waals surface area contributed by atoms with E-state index < -0.39 is 0 Å².